The fourth-order valence-electron chi connectivity index (χ4n) is 0.913. The van der Waals surface area contributed by atoms with Gasteiger partial charge in [0.05, 0.1) is 10.6 Å². The molecule has 0 spiro atoms. The van der Waals surface area contributed by atoms with Gasteiger partial charge in [-0.05, 0) is 12.1 Å². The molecule has 17 heavy (non-hydrogen) atoms. The molecule has 1 rings (SSSR count). The summed E-state index contributed by atoms with van der Waals surface area (Å²) in [7, 11) is 0. The van der Waals surface area contributed by atoms with Gasteiger partial charge in [0, 0.05) is 12.1 Å². The van der Waals surface area contributed by atoms with Crippen LogP contribution in [0, 0.1) is 21.4 Å². The maximum Gasteiger partial charge on any atom is 0.280 e. The smallest absolute Gasteiger partial charge is 0.280 e. The van der Waals surface area contributed by atoms with Crippen molar-refractivity contribution in [2.45, 2.75) is 0 Å². The maximum absolute atomic E-state index is 10.6. The second kappa shape index (κ2) is 5.22. The normalized spacial score (nSPS) is 10.4. The van der Waals surface area contributed by atoms with Gasteiger partial charge in [-0.3, -0.25) is 20.3 Å². The second-order valence-electron chi connectivity index (χ2n) is 2.85. The largest absolute Gasteiger partial charge is 0.364 e. The second-order valence-corrected chi connectivity index (χ2v) is 2.85. The van der Waals surface area contributed by atoms with Gasteiger partial charge in [-0.25, -0.2) is 0 Å². The van der Waals surface area contributed by atoms with Gasteiger partial charge in [-0.1, -0.05) is 0 Å². The fraction of sp³-hybridized carbons (Fsp3) is 0. The number of hydrogen-bond acceptors (Lipinski definition) is 6. The van der Waals surface area contributed by atoms with E-state index in [1.807, 2.05) is 0 Å². The van der Waals surface area contributed by atoms with Gasteiger partial charge in [0.15, 0.2) is 0 Å². The first-order valence-corrected chi connectivity index (χ1v) is 4.32. The third kappa shape index (κ3) is 3.28. The molecule has 3 N–H and O–H groups in total. The first kappa shape index (κ1) is 12.1. The van der Waals surface area contributed by atoms with Gasteiger partial charge in [0.2, 0.25) is 5.71 Å². The number of nitrogens with zero attached hydrogens (tertiary/aromatic N) is 3. The minimum atomic E-state index is -0.957. The summed E-state index contributed by atoms with van der Waals surface area (Å²) in [6.07, 6.45) is 0. The number of nitrogens with two attached hydrogens (primary N) is 1. The van der Waals surface area contributed by atoms with E-state index in [1.54, 1.807) is 0 Å². The lowest BCUT2D eigenvalue weighted by Gasteiger charge is -1.99. The van der Waals surface area contributed by atoms with Crippen molar-refractivity contribution in [3.8, 4) is 6.07 Å². The molecule has 0 bridgehead atoms. The Hall–Kier alpha value is -2.95. The summed E-state index contributed by atoms with van der Waals surface area (Å²) >= 11 is 0. The van der Waals surface area contributed by atoms with Gasteiger partial charge in [-0.2, -0.15) is 10.4 Å². The van der Waals surface area contributed by atoms with Crippen molar-refractivity contribution in [1.29, 1.82) is 5.26 Å². The van der Waals surface area contributed by atoms with Crippen LogP contribution in [0.3, 0.4) is 0 Å². The standard InChI is InChI=1S/C9H7N5O3/c10-5-8(9(11)15)13-12-6-1-3-7(4-2-6)14(16)17/h1-4,12H,(H2,11,15). The third-order valence-electron chi connectivity index (χ3n) is 1.71. The Morgan fingerprint density at radius 3 is 2.47 bits per heavy atom. The Kier molecular flexibility index (Phi) is 3.72. The molecule has 0 aliphatic carbocycles. The monoisotopic (exact) mass is 233 g/mol. The number of nitrogens with one attached hydrogen (secondary N) is 1. The number of primary amides is 1. The zero-order valence-electron chi connectivity index (χ0n) is 8.45. The van der Waals surface area contributed by atoms with E-state index in [1.165, 1.54) is 30.3 Å². The Balaban J connectivity index is 2.80. The van der Waals surface area contributed by atoms with Crippen molar-refractivity contribution in [1.82, 2.24) is 0 Å². The molecule has 0 aliphatic heterocycles. The Bertz CT molecular complexity index is 514. The van der Waals surface area contributed by atoms with Crippen LogP contribution in [0.15, 0.2) is 29.4 Å². The molecule has 0 heterocycles. The molecule has 0 atom stereocenters. The fourth-order valence-corrected chi connectivity index (χ4v) is 0.913. The van der Waals surface area contributed by atoms with Crippen LogP contribution in [0.25, 0.3) is 0 Å². The minimum Gasteiger partial charge on any atom is -0.364 e. The zero-order chi connectivity index (χ0) is 12.8. The molecular formula is C9H7N5O3. The molecule has 0 aromatic heterocycles. The molecule has 86 valence electrons. The molecule has 0 saturated carbocycles. The number of rotatable bonds is 4. The van der Waals surface area contributed by atoms with Crippen LogP contribution in [0.4, 0.5) is 11.4 Å². The Labute approximate surface area is 95.5 Å². The number of nitro benzene ring substituents is 1. The Morgan fingerprint density at radius 2 is 2.06 bits per heavy atom. The van der Waals surface area contributed by atoms with E-state index in [0.717, 1.165) is 0 Å². The number of non-ortho nitro benzene ring substituents is 1. The lowest BCUT2D eigenvalue weighted by atomic mass is 10.3. The number of hydrazone groups is 1. The molecule has 1 aromatic carbocycles. The molecule has 1 aromatic rings. The summed E-state index contributed by atoms with van der Waals surface area (Å²) < 4.78 is 0. The van der Waals surface area contributed by atoms with E-state index in [0.29, 0.717) is 5.69 Å². The molecular weight excluding hydrogens is 226 g/mol. The number of nitro groups is 1. The summed E-state index contributed by atoms with van der Waals surface area (Å²) in [6.45, 7) is 0. The van der Waals surface area contributed by atoms with Crippen LogP contribution in [-0.4, -0.2) is 16.5 Å². The number of hydrogen-bond donors (Lipinski definition) is 2. The SMILES string of the molecule is N#CC(=NNc1ccc([N+](=O)[O-])cc1)C(N)=O. The van der Waals surface area contributed by atoms with E-state index in [-0.39, 0.29) is 5.69 Å². The molecule has 0 saturated heterocycles. The zero-order valence-corrected chi connectivity index (χ0v) is 8.45. The van der Waals surface area contributed by atoms with E-state index < -0.39 is 16.5 Å². The van der Waals surface area contributed by atoms with Gasteiger partial charge >= 0.3 is 0 Å². The summed E-state index contributed by atoms with van der Waals surface area (Å²) in [5.41, 5.74) is 7.07. The highest BCUT2D eigenvalue weighted by atomic mass is 16.6. The van der Waals surface area contributed by atoms with Crippen molar-refractivity contribution in [3.63, 3.8) is 0 Å². The quantitative estimate of drug-likeness (QED) is 0.440. The predicted molar refractivity (Wildman–Crippen MR) is 59.0 cm³/mol. The number of nitriles is 1. The molecule has 0 unspecified atom stereocenters. The number of benzene rings is 1. The number of anilines is 1. The molecule has 0 fully saturated rings. The van der Waals surface area contributed by atoms with Crippen LogP contribution >= 0.6 is 0 Å². The lowest BCUT2D eigenvalue weighted by Crippen LogP contribution is -2.22. The average Bonchev–Trinajstić information content (AvgIpc) is 2.30. The van der Waals surface area contributed by atoms with Crippen LogP contribution in [-0.2, 0) is 4.79 Å². The highest BCUT2D eigenvalue weighted by molar-refractivity contribution is 6.44. The van der Waals surface area contributed by atoms with E-state index in [2.05, 4.69) is 10.5 Å². The van der Waals surface area contributed by atoms with Crippen molar-refractivity contribution < 1.29 is 9.72 Å². The summed E-state index contributed by atoms with van der Waals surface area (Å²) in [6, 6.07) is 6.80. The summed E-state index contributed by atoms with van der Waals surface area (Å²) in [5.74, 6) is -0.957. The van der Waals surface area contributed by atoms with Crippen LogP contribution in [0.5, 0.6) is 0 Å². The summed E-state index contributed by atoms with van der Waals surface area (Å²) in [4.78, 5) is 20.5. The van der Waals surface area contributed by atoms with Crippen molar-refractivity contribution in [2.24, 2.45) is 10.8 Å². The number of amides is 1. The number of carbonyl (C=O) groups is 1. The van der Waals surface area contributed by atoms with Crippen molar-refractivity contribution in [2.75, 3.05) is 5.43 Å². The average molecular weight is 233 g/mol. The van der Waals surface area contributed by atoms with Crippen LogP contribution < -0.4 is 11.2 Å². The van der Waals surface area contributed by atoms with E-state index in [9.17, 15) is 14.9 Å². The topological polar surface area (TPSA) is 134 Å². The van der Waals surface area contributed by atoms with E-state index in [4.69, 9.17) is 11.0 Å². The predicted octanol–water partition coefficient (Wildman–Crippen LogP) is 0.372. The highest BCUT2D eigenvalue weighted by Crippen LogP contribution is 2.15. The molecule has 0 radical (unpaired) electrons. The highest BCUT2D eigenvalue weighted by Gasteiger charge is 2.06. The van der Waals surface area contributed by atoms with Crippen LogP contribution in [0.1, 0.15) is 0 Å². The number of carbonyl (C=O) groups excluding carboxylic acids is 1. The maximum atomic E-state index is 10.6. The van der Waals surface area contributed by atoms with Gasteiger partial charge in [0.1, 0.15) is 6.07 Å². The lowest BCUT2D eigenvalue weighted by molar-refractivity contribution is -0.384. The van der Waals surface area contributed by atoms with Gasteiger partial charge in [0.25, 0.3) is 11.6 Å². The van der Waals surface area contributed by atoms with Crippen LogP contribution in [0.2, 0.25) is 0 Å². The van der Waals surface area contributed by atoms with Gasteiger partial charge < -0.3 is 5.73 Å². The minimum absolute atomic E-state index is 0.0741. The first-order valence-electron chi connectivity index (χ1n) is 4.32. The molecule has 1 amide bonds. The summed E-state index contributed by atoms with van der Waals surface area (Å²) in [5, 5.41) is 22.3. The van der Waals surface area contributed by atoms with E-state index >= 15 is 0 Å². The van der Waals surface area contributed by atoms with Gasteiger partial charge in [-0.15, -0.1) is 0 Å². The molecule has 8 nitrogen and oxygen atoms in total. The molecule has 8 heteroatoms. The third-order valence-corrected chi connectivity index (χ3v) is 1.71. The molecule has 0 aliphatic rings. The van der Waals surface area contributed by atoms with Crippen molar-refractivity contribution in [3.05, 3.63) is 34.4 Å². The van der Waals surface area contributed by atoms with Crippen molar-refractivity contribution >= 4 is 23.0 Å². The Morgan fingerprint density at radius 1 is 1.47 bits per heavy atom. The first-order chi connectivity index (χ1) is 8.04.